The van der Waals surface area contributed by atoms with E-state index in [1.807, 2.05) is 36.2 Å². The third-order valence-electron chi connectivity index (χ3n) is 6.70. The van der Waals surface area contributed by atoms with Crippen LogP contribution in [-0.4, -0.2) is 45.4 Å². The fraction of sp³-hybridized carbons (Fsp3) is 0.208. The second-order valence-corrected chi connectivity index (χ2v) is 8.06. The van der Waals surface area contributed by atoms with Crippen LogP contribution in [0.5, 0.6) is 11.5 Å². The number of nitrogens with zero attached hydrogens (tertiary/aromatic N) is 2. The van der Waals surface area contributed by atoms with Gasteiger partial charge in [-0.15, -0.1) is 0 Å². The first kappa shape index (κ1) is 19.3. The molecule has 1 saturated heterocycles. The molecule has 0 radical (unpaired) electrons. The number of benzene rings is 2. The van der Waals surface area contributed by atoms with E-state index in [1.165, 1.54) is 12.1 Å². The van der Waals surface area contributed by atoms with E-state index in [2.05, 4.69) is 10.3 Å². The van der Waals surface area contributed by atoms with E-state index in [9.17, 15) is 19.8 Å². The van der Waals surface area contributed by atoms with Crippen molar-refractivity contribution in [2.75, 3.05) is 18.9 Å². The molecule has 2 aromatic carbocycles. The fourth-order valence-electron chi connectivity index (χ4n) is 5.36. The quantitative estimate of drug-likeness (QED) is 0.449. The molecule has 31 heavy (non-hydrogen) atoms. The van der Waals surface area contributed by atoms with Gasteiger partial charge < -0.3 is 15.5 Å². The van der Waals surface area contributed by atoms with Crippen LogP contribution in [0.1, 0.15) is 27.9 Å². The van der Waals surface area contributed by atoms with Crippen molar-refractivity contribution in [2.45, 2.75) is 17.4 Å². The van der Waals surface area contributed by atoms with E-state index in [0.717, 1.165) is 5.56 Å². The summed E-state index contributed by atoms with van der Waals surface area (Å²) in [6, 6.07) is 15.0. The van der Waals surface area contributed by atoms with Gasteiger partial charge >= 0.3 is 0 Å². The molecule has 1 fully saturated rings. The van der Waals surface area contributed by atoms with E-state index in [4.69, 9.17) is 0 Å². The topological polar surface area (TPSA) is 103 Å². The lowest BCUT2D eigenvalue weighted by Crippen LogP contribution is -2.60. The first-order valence-electron chi connectivity index (χ1n) is 10.0. The first-order chi connectivity index (χ1) is 14.9. The summed E-state index contributed by atoms with van der Waals surface area (Å²) in [5.74, 6) is -1.15. The number of phenolic OH excluding ortho intramolecular Hbond substituents is 2. The number of Topliss-reactive ketones (excluding diaryl/α,β-unsaturated/α-hetero) is 1. The van der Waals surface area contributed by atoms with Crippen LogP contribution in [0.25, 0.3) is 0 Å². The summed E-state index contributed by atoms with van der Waals surface area (Å²) in [4.78, 5) is 33.9. The predicted octanol–water partition coefficient (Wildman–Crippen LogP) is 2.80. The van der Waals surface area contributed by atoms with Crippen LogP contribution in [0.15, 0.2) is 67.0 Å². The highest BCUT2D eigenvalue weighted by atomic mass is 16.3. The number of hydrogen-bond acceptors (Lipinski definition) is 6. The van der Waals surface area contributed by atoms with Gasteiger partial charge in [0.15, 0.2) is 17.3 Å². The Hall–Kier alpha value is -3.71. The molecular formula is C24H21N3O4. The normalized spacial score (nSPS) is 24.9. The molecule has 7 nitrogen and oxygen atoms in total. The lowest BCUT2D eigenvalue weighted by atomic mass is 9.59. The Morgan fingerprint density at radius 3 is 2.55 bits per heavy atom. The maximum Gasteiger partial charge on any atom is 0.251 e. The number of ketones is 1. The van der Waals surface area contributed by atoms with Crippen molar-refractivity contribution < 1.29 is 19.8 Å². The molecule has 0 saturated carbocycles. The molecule has 1 amide bonds. The van der Waals surface area contributed by atoms with Gasteiger partial charge in [-0.2, -0.15) is 0 Å². The number of fused-ring (bicyclic) bond motifs is 2. The van der Waals surface area contributed by atoms with Crippen molar-refractivity contribution in [3.05, 3.63) is 83.7 Å². The molecule has 7 heteroatoms. The number of anilines is 1. The van der Waals surface area contributed by atoms with Crippen molar-refractivity contribution in [1.82, 2.24) is 9.88 Å². The van der Waals surface area contributed by atoms with Crippen molar-refractivity contribution >= 4 is 17.4 Å². The minimum atomic E-state index is -1.33. The number of carbonyl (C=O) groups excluding carboxylic acids is 2. The molecule has 0 aliphatic carbocycles. The SMILES string of the molecule is CN1CCC(C(=O)c2ccncc2)(c2ccc(O)c(O)c2)C12C(=O)Nc1ccccc12. The van der Waals surface area contributed by atoms with E-state index in [1.54, 1.807) is 30.6 Å². The molecule has 3 N–H and O–H groups in total. The zero-order chi connectivity index (χ0) is 21.8. The number of para-hydroxylation sites is 1. The van der Waals surface area contributed by atoms with Crippen LogP contribution in [0, 0.1) is 0 Å². The maximum absolute atomic E-state index is 14.2. The largest absolute Gasteiger partial charge is 0.504 e. The van der Waals surface area contributed by atoms with E-state index in [0.29, 0.717) is 29.8 Å². The van der Waals surface area contributed by atoms with Gasteiger partial charge in [-0.1, -0.05) is 24.3 Å². The highest BCUT2D eigenvalue weighted by Gasteiger charge is 2.70. The molecule has 2 aliphatic rings. The molecule has 2 atom stereocenters. The van der Waals surface area contributed by atoms with Gasteiger partial charge in [-0.25, -0.2) is 0 Å². The maximum atomic E-state index is 14.2. The first-order valence-corrected chi connectivity index (χ1v) is 10.0. The Morgan fingerprint density at radius 1 is 1.06 bits per heavy atom. The van der Waals surface area contributed by atoms with E-state index in [-0.39, 0.29) is 23.2 Å². The van der Waals surface area contributed by atoms with Crippen LogP contribution in [0.2, 0.25) is 0 Å². The van der Waals surface area contributed by atoms with Gasteiger partial charge in [0.2, 0.25) is 0 Å². The highest BCUT2D eigenvalue weighted by Crippen LogP contribution is 2.59. The number of rotatable bonds is 3. The summed E-state index contributed by atoms with van der Waals surface area (Å²) in [6.07, 6.45) is 3.45. The van der Waals surface area contributed by atoms with Crippen molar-refractivity contribution in [3.63, 3.8) is 0 Å². The Labute approximate surface area is 179 Å². The van der Waals surface area contributed by atoms with E-state index < -0.39 is 11.0 Å². The van der Waals surface area contributed by atoms with Gasteiger partial charge in [0.05, 0.1) is 5.41 Å². The molecule has 3 heterocycles. The molecule has 3 aromatic rings. The predicted molar refractivity (Wildman–Crippen MR) is 114 cm³/mol. The van der Waals surface area contributed by atoms with Gasteiger partial charge in [0.1, 0.15) is 5.54 Å². The number of pyridine rings is 1. The zero-order valence-electron chi connectivity index (χ0n) is 16.9. The van der Waals surface area contributed by atoms with Crippen molar-refractivity contribution in [1.29, 1.82) is 0 Å². The second kappa shape index (κ2) is 6.65. The Morgan fingerprint density at radius 2 is 1.81 bits per heavy atom. The summed E-state index contributed by atoms with van der Waals surface area (Å²) < 4.78 is 0. The summed E-state index contributed by atoms with van der Waals surface area (Å²) in [6.45, 7) is 0.486. The number of aromatic hydroxyl groups is 2. The van der Waals surface area contributed by atoms with Crippen molar-refractivity contribution in [2.24, 2.45) is 0 Å². The number of amides is 1. The van der Waals surface area contributed by atoms with Crippen LogP contribution in [0.4, 0.5) is 5.69 Å². The van der Waals surface area contributed by atoms with Gasteiger partial charge in [-0.3, -0.25) is 19.5 Å². The summed E-state index contributed by atoms with van der Waals surface area (Å²) >= 11 is 0. The van der Waals surface area contributed by atoms with Crippen molar-refractivity contribution in [3.8, 4) is 11.5 Å². The molecule has 156 valence electrons. The number of nitrogens with one attached hydrogen (secondary N) is 1. The number of phenols is 2. The van der Waals surface area contributed by atoms with Gasteiger partial charge in [0, 0.05) is 35.8 Å². The average Bonchev–Trinajstić information content (AvgIpc) is 3.27. The minimum Gasteiger partial charge on any atom is -0.504 e. The number of likely N-dealkylation sites (tertiary alicyclic amines) is 1. The minimum absolute atomic E-state index is 0.240. The molecular weight excluding hydrogens is 394 g/mol. The zero-order valence-corrected chi connectivity index (χ0v) is 16.9. The number of likely N-dealkylation sites (N-methyl/N-ethyl adjacent to an activating group) is 1. The Balaban J connectivity index is 1.87. The molecule has 2 unspecified atom stereocenters. The van der Waals surface area contributed by atoms with Gasteiger partial charge in [-0.05, 0) is 49.4 Å². The monoisotopic (exact) mass is 415 g/mol. The third-order valence-corrected chi connectivity index (χ3v) is 6.70. The fourth-order valence-corrected chi connectivity index (χ4v) is 5.36. The van der Waals surface area contributed by atoms with Crippen LogP contribution in [-0.2, 0) is 15.7 Å². The molecule has 0 bridgehead atoms. The summed E-state index contributed by atoms with van der Waals surface area (Å²) in [5, 5.41) is 23.2. The van der Waals surface area contributed by atoms with Crippen LogP contribution < -0.4 is 5.32 Å². The molecule has 1 aromatic heterocycles. The Bertz CT molecular complexity index is 1210. The second-order valence-electron chi connectivity index (χ2n) is 8.06. The smallest absolute Gasteiger partial charge is 0.251 e. The average molecular weight is 415 g/mol. The van der Waals surface area contributed by atoms with Crippen LogP contribution in [0.3, 0.4) is 0 Å². The molecule has 5 rings (SSSR count). The third kappa shape index (κ3) is 2.35. The number of aromatic nitrogens is 1. The Kier molecular flexibility index (Phi) is 4.13. The highest BCUT2D eigenvalue weighted by molar-refractivity contribution is 6.16. The lowest BCUT2D eigenvalue weighted by molar-refractivity contribution is -0.127. The number of hydrogen-bond donors (Lipinski definition) is 3. The lowest BCUT2D eigenvalue weighted by Gasteiger charge is -2.44. The summed E-state index contributed by atoms with van der Waals surface area (Å²) in [7, 11) is 1.84. The summed E-state index contributed by atoms with van der Waals surface area (Å²) in [5.41, 5.74) is -0.362. The van der Waals surface area contributed by atoms with Crippen LogP contribution >= 0.6 is 0 Å². The number of carbonyl (C=O) groups is 2. The van der Waals surface area contributed by atoms with Gasteiger partial charge in [0.25, 0.3) is 5.91 Å². The molecule has 2 aliphatic heterocycles. The molecule has 1 spiro atoms. The standard InChI is InChI=1S/C24H21N3O4/c1-27-13-10-23(16-6-7-19(28)20(29)14-16,21(30)15-8-11-25-12-9-15)24(27)17-4-2-3-5-18(17)26-22(24)31/h2-9,11-12,14,28-29H,10,13H2,1H3,(H,26,31). The van der Waals surface area contributed by atoms with E-state index >= 15 is 0 Å².